The Labute approximate surface area is 174 Å². The van der Waals surface area contributed by atoms with E-state index in [1.165, 1.54) is 38.2 Å². The minimum Gasteiger partial charge on any atom is -0.496 e. The van der Waals surface area contributed by atoms with Crippen LogP contribution in [0.25, 0.3) is 5.69 Å². The number of hydrogen-bond acceptors (Lipinski definition) is 4. The highest BCUT2D eigenvalue weighted by Crippen LogP contribution is 2.36. The molecule has 1 aromatic heterocycles. The molecule has 0 unspecified atom stereocenters. The number of nitrogen functional groups attached to an aromatic ring is 1. The van der Waals surface area contributed by atoms with Gasteiger partial charge in [0.15, 0.2) is 0 Å². The lowest BCUT2D eigenvalue weighted by Crippen LogP contribution is -2.23. The fourth-order valence-electron chi connectivity index (χ4n) is 3.95. The maximum Gasteiger partial charge on any atom is 0.255 e. The number of nitrogens with two attached hydrogens (primary N) is 1. The fraction of sp³-hybridized carbons (Fsp3) is 0.304. The lowest BCUT2D eigenvalue weighted by molar-refractivity contribution is 0.0947. The number of nitrogens with one attached hydrogen (secondary N) is 1. The number of ether oxygens (including phenoxy) is 1. The molecule has 7 heteroatoms. The molecular weight excluding hydrogens is 383 g/mol. The molecule has 0 saturated heterocycles. The van der Waals surface area contributed by atoms with Crippen molar-refractivity contribution in [2.75, 3.05) is 12.8 Å². The quantitative estimate of drug-likeness (QED) is 0.641. The molecule has 156 valence electrons. The summed E-state index contributed by atoms with van der Waals surface area (Å²) in [6, 6.07) is 11.6. The number of amides is 1. The summed E-state index contributed by atoms with van der Waals surface area (Å²) in [6.45, 7) is 0.313. The molecule has 3 aromatic rings. The maximum atomic E-state index is 13.5. The van der Waals surface area contributed by atoms with Crippen molar-refractivity contribution in [3.05, 3.63) is 71.3 Å². The molecular formula is C23H25FN4O2. The van der Waals surface area contributed by atoms with Crippen LogP contribution in [0.3, 0.4) is 0 Å². The maximum absolute atomic E-state index is 13.5. The lowest BCUT2D eigenvalue weighted by atomic mass is 10.0. The van der Waals surface area contributed by atoms with E-state index in [0.29, 0.717) is 18.2 Å². The molecule has 0 radical (unpaired) electrons. The summed E-state index contributed by atoms with van der Waals surface area (Å²) in [4.78, 5) is 12.4. The molecule has 0 atom stereocenters. The van der Waals surface area contributed by atoms with Gasteiger partial charge in [0.1, 0.15) is 11.6 Å². The summed E-state index contributed by atoms with van der Waals surface area (Å²) in [5.41, 5.74) is 9.92. The largest absolute Gasteiger partial charge is 0.496 e. The first-order valence-corrected chi connectivity index (χ1v) is 10.1. The van der Waals surface area contributed by atoms with Gasteiger partial charge in [-0.2, -0.15) is 5.10 Å². The third-order valence-corrected chi connectivity index (χ3v) is 5.57. The van der Waals surface area contributed by atoms with Crippen LogP contribution in [-0.4, -0.2) is 22.8 Å². The van der Waals surface area contributed by atoms with Gasteiger partial charge in [0.25, 0.3) is 5.91 Å². The number of rotatable bonds is 6. The first kappa shape index (κ1) is 19.9. The zero-order chi connectivity index (χ0) is 21.1. The summed E-state index contributed by atoms with van der Waals surface area (Å²) >= 11 is 0. The van der Waals surface area contributed by atoms with Crippen molar-refractivity contribution in [2.24, 2.45) is 0 Å². The van der Waals surface area contributed by atoms with Gasteiger partial charge in [-0.05, 0) is 48.7 Å². The highest BCUT2D eigenvalue weighted by atomic mass is 19.1. The van der Waals surface area contributed by atoms with E-state index in [9.17, 15) is 9.18 Å². The van der Waals surface area contributed by atoms with E-state index in [0.717, 1.165) is 35.5 Å². The number of aromatic nitrogens is 2. The van der Waals surface area contributed by atoms with Gasteiger partial charge in [0.2, 0.25) is 0 Å². The van der Waals surface area contributed by atoms with E-state index in [1.807, 2.05) is 35.1 Å². The molecule has 30 heavy (non-hydrogen) atoms. The molecule has 1 aliphatic rings. The minimum atomic E-state index is -0.485. The molecule has 1 heterocycles. The molecule has 6 nitrogen and oxygen atoms in total. The van der Waals surface area contributed by atoms with Crippen LogP contribution < -0.4 is 15.8 Å². The second kappa shape index (κ2) is 8.57. The summed E-state index contributed by atoms with van der Waals surface area (Å²) in [7, 11) is 1.45. The van der Waals surface area contributed by atoms with Crippen molar-refractivity contribution in [1.82, 2.24) is 15.1 Å². The summed E-state index contributed by atoms with van der Waals surface area (Å²) in [6.07, 6.45) is 6.63. The van der Waals surface area contributed by atoms with E-state index in [4.69, 9.17) is 15.6 Å². The molecule has 1 fully saturated rings. The van der Waals surface area contributed by atoms with E-state index in [2.05, 4.69) is 5.32 Å². The Hall–Kier alpha value is -3.35. The first-order valence-electron chi connectivity index (χ1n) is 10.1. The number of halogens is 1. The van der Waals surface area contributed by atoms with Crippen LogP contribution in [0.2, 0.25) is 0 Å². The summed E-state index contributed by atoms with van der Waals surface area (Å²) in [5, 5.41) is 7.50. The lowest BCUT2D eigenvalue weighted by Gasteiger charge is -2.10. The van der Waals surface area contributed by atoms with Crippen LogP contribution in [0.4, 0.5) is 10.1 Å². The van der Waals surface area contributed by atoms with Gasteiger partial charge in [-0.1, -0.05) is 25.0 Å². The van der Waals surface area contributed by atoms with Crippen molar-refractivity contribution in [1.29, 1.82) is 0 Å². The second-order valence-corrected chi connectivity index (χ2v) is 7.59. The van der Waals surface area contributed by atoms with E-state index < -0.39 is 11.7 Å². The van der Waals surface area contributed by atoms with Gasteiger partial charge in [0.05, 0.1) is 35.9 Å². The highest BCUT2D eigenvalue weighted by molar-refractivity contribution is 5.96. The highest BCUT2D eigenvalue weighted by Gasteiger charge is 2.22. The third kappa shape index (κ3) is 4.15. The first-order chi connectivity index (χ1) is 14.5. The number of carbonyl (C=O) groups is 1. The van der Waals surface area contributed by atoms with Gasteiger partial charge in [0, 0.05) is 12.5 Å². The van der Waals surface area contributed by atoms with Gasteiger partial charge >= 0.3 is 0 Å². The van der Waals surface area contributed by atoms with Crippen molar-refractivity contribution in [3.8, 4) is 11.4 Å². The van der Waals surface area contributed by atoms with Crippen molar-refractivity contribution >= 4 is 11.6 Å². The zero-order valence-corrected chi connectivity index (χ0v) is 16.9. The number of hydrogen-bond donors (Lipinski definition) is 2. The molecule has 1 saturated carbocycles. The molecule has 1 amide bonds. The molecule has 4 rings (SSSR count). The number of nitrogens with zero attached hydrogens (tertiary/aromatic N) is 2. The predicted molar refractivity (Wildman–Crippen MR) is 113 cm³/mol. The van der Waals surface area contributed by atoms with Crippen LogP contribution in [0.1, 0.15) is 53.2 Å². The smallest absolute Gasteiger partial charge is 0.255 e. The average molecular weight is 408 g/mol. The van der Waals surface area contributed by atoms with Crippen molar-refractivity contribution in [2.45, 2.75) is 38.1 Å². The Morgan fingerprint density at radius 3 is 2.67 bits per heavy atom. The average Bonchev–Trinajstić information content (AvgIpc) is 3.42. The van der Waals surface area contributed by atoms with Gasteiger partial charge in [-0.25, -0.2) is 9.07 Å². The Morgan fingerprint density at radius 2 is 1.97 bits per heavy atom. The molecule has 0 bridgehead atoms. The Balaban J connectivity index is 1.43. The molecule has 0 aliphatic heterocycles. The van der Waals surface area contributed by atoms with E-state index >= 15 is 0 Å². The summed E-state index contributed by atoms with van der Waals surface area (Å²) in [5.74, 6) is -0.0867. The van der Waals surface area contributed by atoms with Gasteiger partial charge < -0.3 is 15.8 Å². The topological polar surface area (TPSA) is 82.2 Å². The van der Waals surface area contributed by atoms with Crippen LogP contribution in [0.15, 0.2) is 48.7 Å². The normalized spacial score (nSPS) is 14.1. The predicted octanol–water partition coefficient (Wildman–Crippen LogP) is 4.19. The fourth-order valence-corrected chi connectivity index (χ4v) is 3.95. The zero-order valence-electron chi connectivity index (χ0n) is 16.9. The van der Waals surface area contributed by atoms with E-state index in [1.54, 1.807) is 0 Å². The molecule has 1 aliphatic carbocycles. The molecule has 2 aromatic carbocycles. The number of carbonyl (C=O) groups excluding carboxylic acids is 1. The van der Waals surface area contributed by atoms with Crippen LogP contribution in [0, 0.1) is 5.82 Å². The van der Waals surface area contributed by atoms with Crippen LogP contribution in [-0.2, 0) is 6.54 Å². The van der Waals surface area contributed by atoms with Crippen LogP contribution >= 0.6 is 0 Å². The Morgan fingerprint density at radius 1 is 1.23 bits per heavy atom. The standard InChI is InChI=1S/C23H25FN4O2/c1-30-21-11-8-17(24)12-19(21)23(29)26-13-15-6-9-18(10-7-15)28-14-20(25)22(27-28)16-4-2-3-5-16/h6-12,14,16H,2-5,13,25H2,1H3,(H,26,29). The van der Waals surface area contributed by atoms with Crippen LogP contribution in [0.5, 0.6) is 5.75 Å². The number of benzene rings is 2. The van der Waals surface area contributed by atoms with Crippen molar-refractivity contribution in [3.63, 3.8) is 0 Å². The van der Waals surface area contributed by atoms with Crippen molar-refractivity contribution < 1.29 is 13.9 Å². The van der Waals surface area contributed by atoms with Gasteiger partial charge in [-0.15, -0.1) is 0 Å². The number of anilines is 1. The van der Waals surface area contributed by atoms with E-state index in [-0.39, 0.29) is 5.56 Å². The Bertz CT molecular complexity index is 1040. The minimum absolute atomic E-state index is 0.167. The third-order valence-electron chi connectivity index (χ3n) is 5.57. The number of methoxy groups -OCH3 is 1. The Kier molecular flexibility index (Phi) is 5.70. The molecule has 0 spiro atoms. The monoisotopic (exact) mass is 408 g/mol. The summed E-state index contributed by atoms with van der Waals surface area (Å²) < 4.78 is 20.4. The SMILES string of the molecule is COc1ccc(F)cc1C(=O)NCc1ccc(-n2cc(N)c(C3CCCC3)n2)cc1. The second-order valence-electron chi connectivity index (χ2n) is 7.59. The molecule has 3 N–H and O–H groups in total. The van der Waals surface area contributed by atoms with Gasteiger partial charge in [-0.3, -0.25) is 4.79 Å².